The predicted molar refractivity (Wildman–Crippen MR) is 69.6 cm³/mol. The van der Waals surface area contributed by atoms with Crippen LogP contribution in [-0.4, -0.2) is 13.0 Å². The van der Waals surface area contributed by atoms with E-state index in [-0.39, 0.29) is 5.91 Å². The standard InChI is InChI=1S/C13H13NO3S/c1-16-11-7-12(18-9-11)13(15)14-17-8-10-5-3-2-4-6-10/h2-7,9H,8H2,1H3,(H,14,15). The molecule has 1 aromatic heterocycles. The van der Waals surface area contributed by atoms with Gasteiger partial charge in [-0.3, -0.25) is 9.63 Å². The lowest BCUT2D eigenvalue weighted by Gasteiger charge is -2.04. The number of nitrogens with one attached hydrogen (secondary N) is 1. The second kappa shape index (κ2) is 6.18. The van der Waals surface area contributed by atoms with Gasteiger partial charge in [0, 0.05) is 11.4 Å². The first kappa shape index (κ1) is 12.6. The van der Waals surface area contributed by atoms with Gasteiger partial charge in [-0.25, -0.2) is 5.48 Å². The fourth-order valence-corrected chi connectivity index (χ4v) is 2.09. The van der Waals surface area contributed by atoms with Crippen LogP contribution in [-0.2, 0) is 11.4 Å². The van der Waals surface area contributed by atoms with Gasteiger partial charge in [0.15, 0.2) is 0 Å². The quantitative estimate of drug-likeness (QED) is 0.843. The Labute approximate surface area is 109 Å². The summed E-state index contributed by atoms with van der Waals surface area (Å²) in [5, 5.41) is 1.77. The van der Waals surface area contributed by atoms with E-state index < -0.39 is 0 Å². The number of hydroxylamine groups is 1. The highest BCUT2D eigenvalue weighted by atomic mass is 32.1. The van der Waals surface area contributed by atoms with Crippen LogP contribution >= 0.6 is 11.3 Å². The minimum Gasteiger partial charge on any atom is -0.496 e. The van der Waals surface area contributed by atoms with Gasteiger partial charge in [-0.2, -0.15) is 0 Å². The summed E-state index contributed by atoms with van der Waals surface area (Å²) in [5.74, 6) is 0.410. The van der Waals surface area contributed by atoms with Crippen LogP contribution < -0.4 is 10.2 Å². The molecule has 1 amide bonds. The third-order valence-corrected chi connectivity index (χ3v) is 3.19. The average molecular weight is 263 g/mol. The van der Waals surface area contributed by atoms with Gasteiger partial charge in [0.2, 0.25) is 0 Å². The first-order valence-corrected chi connectivity index (χ1v) is 6.26. The van der Waals surface area contributed by atoms with Gasteiger partial charge in [0.05, 0.1) is 18.6 Å². The molecule has 0 spiro atoms. The number of methoxy groups -OCH3 is 1. The largest absolute Gasteiger partial charge is 0.496 e. The highest BCUT2D eigenvalue weighted by Gasteiger charge is 2.09. The van der Waals surface area contributed by atoms with Crippen molar-refractivity contribution in [2.24, 2.45) is 0 Å². The van der Waals surface area contributed by atoms with Crippen LogP contribution in [0.3, 0.4) is 0 Å². The van der Waals surface area contributed by atoms with Crippen LogP contribution in [0.25, 0.3) is 0 Å². The summed E-state index contributed by atoms with van der Waals surface area (Å²) in [7, 11) is 1.57. The van der Waals surface area contributed by atoms with Crippen molar-refractivity contribution in [3.63, 3.8) is 0 Å². The Balaban J connectivity index is 1.81. The summed E-state index contributed by atoms with van der Waals surface area (Å²) in [6.07, 6.45) is 0. The Morgan fingerprint density at radius 2 is 2.11 bits per heavy atom. The van der Waals surface area contributed by atoms with Crippen LogP contribution in [0.4, 0.5) is 0 Å². The van der Waals surface area contributed by atoms with Gasteiger partial charge in [-0.1, -0.05) is 30.3 Å². The molecule has 0 aliphatic rings. The molecule has 94 valence electrons. The summed E-state index contributed by atoms with van der Waals surface area (Å²) in [4.78, 5) is 17.4. The van der Waals surface area contributed by atoms with Crippen molar-refractivity contribution in [3.8, 4) is 5.75 Å². The maximum Gasteiger partial charge on any atom is 0.285 e. The first-order valence-electron chi connectivity index (χ1n) is 5.38. The van der Waals surface area contributed by atoms with Crippen LogP contribution in [0.1, 0.15) is 15.2 Å². The molecule has 2 aromatic rings. The third kappa shape index (κ3) is 3.32. The van der Waals surface area contributed by atoms with E-state index in [1.807, 2.05) is 30.3 Å². The molecule has 0 aliphatic heterocycles. The number of ether oxygens (including phenoxy) is 1. The fourth-order valence-electron chi connectivity index (χ4n) is 1.35. The van der Waals surface area contributed by atoms with E-state index in [0.717, 1.165) is 5.56 Å². The fraction of sp³-hybridized carbons (Fsp3) is 0.154. The molecule has 1 heterocycles. The number of benzene rings is 1. The maximum absolute atomic E-state index is 11.7. The molecule has 0 atom stereocenters. The molecule has 0 saturated carbocycles. The first-order chi connectivity index (χ1) is 8.79. The Morgan fingerprint density at radius 3 is 2.78 bits per heavy atom. The summed E-state index contributed by atoms with van der Waals surface area (Å²) >= 11 is 1.31. The van der Waals surface area contributed by atoms with Gasteiger partial charge >= 0.3 is 0 Å². The van der Waals surface area contributed by atoms with Gasteiger partial charge < -0.3 is 4.74 Å². The second-order valence-electron chi connectivity index (χ2n) is 3.56. The van der Waals surface area contributed by atoms with E-state index in [4.69, 9.17) is 9.57 Å². The molecule has 5 heteroatoms. The third-order valence-electron chi connectivity index (χ3n) is 2.28. The maximum atomic E-state index is 11.7. The molecule has 1 aromatic carbocycles. The Morgan fingerprint density at radius 1 is 1.33 bits per heavy atom. The SMILES string of the molecule is COc1csc(C(=O)NOCc2ccccc2)c1. The number of carbonyl (C=O) groups is 1. The van der Waals surface area contributed by atoms with Crippen molar-refractivity contribution in [2.45, 2.75) is 6.61 Å². The lowest BCUT2D eigenvalue weighted by atomic mass is 10.2. The lowest BCUT2D eigenvalue weighted by Crippen LogP contribution is -2.22. The van der Waals surface area contributed by atoms with E-state index in [0.29, 0.717) is 17.2 Å². The van der Waals surface area contributed by atoms with E-state index in [9.17, 15) is 4.79 Å². The summed E-state index contributed by atoms with van der Waals surface area (Å²) < 4.78 is 5.01. The van der Waals surface area contributed by atoms with Gasteiger partial charge in [-0.05, 0) is 5.56 Å². The summed E-state index contributed by atoms with van der Waals surface area (Å²) in [5.41, 5.74) is 3.40. The van der Waals surface area contributed by atoms with E-state index in [1.54, 1.807) is 18.6 Å². The highest BCUT2D eigenvalue weighted by Crippen LogP contribution is 2.20. The molecule has 1 N–H and O–H groups in total. The Kier molecular flexibility index (Phi) is 4.33. The van der Waals surface area contributed by atoms with Crippen LogP contribution in [0.15, 0.2) is 41.8 Å². The smallest absolute Gasteiger partial charge is 0.285 e. The van der Waals surface area contributed by atoms with Gasteiger partial charge in [0.25, 0.3) is 5.91 Å². The minimum atomic E-state index is -0.265. The molecule has 0 aliphatic carbocycles. The normalized spacial score (nSPS) is 10.1. The number of hydrogen-bond donors (Lipinski definition) is 1. The van der Waals surface area contributed by atoms with Crippen LogP contribution in [0.2, 0.25) is 0 Å². The zero-order chi connectivity index (χ0) is 12.8. The van der Waals surface area contributed by atoms with Crippen molar-refractivity contribution in [3.05, 3.63) is 52.2 Å². The van der Waals surface area contributed by atoms with E-state index in [1.165, 1.54) is 11.3 Å². The van der Waals surface area contributed by atoms with Crippen molar-refractivity contribution < 1.29 is 14.4 Å². The van der Waals surface area contributed by atoms with E-state index in [2.05, 4.69) is 5.48 Å². The molecule has 4 nitrogen and oxygen atoms in total. The minimum absolute atomic E-state index is 0.265. The zero-order valence-corrected chi connectivity index (χ0v) is 10.7. The number of rotatable bonds is 5. The average Bonchev–Trinajstić information content (AvgIpc) is 2.89. The number of hydrogen-bond acceptors (Lipinski definition) is 4. The molecule has 0 fully saturated rings. The predicted octanol–water partition coefficient (Wildman–Crippen LogP) is 2.62. The summed E-state index contributed by atoms with van der Waals surface area (Å²) in [6, 6.07) is 11.3. The van der Waals surface area contributed by atoms with Crippen molar-refractivity contribution in [1.82, 2.24) is 5.48 Å². The number of amides is 1. The van der Waals surface area contributed by atoms with E-state index >= 15 is 0 Å². The van der Waals surface area contributed by atoms with Crippen LogP contribution in [0.5, 0.6) is 5.75 Å². The van der Waals surface area contributed by atoms with Crippen molar-refractivity contribution in [2.75, 3.05) is 7.11 Å². The van der Waals surface area contributed by atoms with Gasteiger partial charge in [0.1, 0.15) is 5.75 Å². The van der Waals surface area contributed by atoms with Gasteiger partial charge in [-0.15, -0.1) is 11.3 Å². The van der Waals surface area contributed by atoms with Crippen molar-refractivity contribution in [1.29, 1.82) is 0 Å². The number of carbonyl (C=O) groups excluding carboxylic acids is 1. The van der Waals surface area contributed by atoms with Crippen molar-refractivity contribution >= 4 is 17.2 Å². The molecular formula is C13H13NO3S. The molecule has 0 bridgehead atoms. The van der Waals surface area contributed by atoms with Crippen LogP contribution in [0, 0.1) is 0 Å². The monoisotopic (exact) mass is 263 g/mol. The Bertz CT molecular complexity index is 510. The second-order valence-corrected chi connectivity index (χ2v) is 4.47. The molecule has 0 unspecified atom stereocenters. The molecule has 18 heavy (non-hydrogen) atoms. The highest BCUT2D eigenvalue weighted by molar-refractivity contribution is 7.12. The molecule has 0 radical (unpaired) electrons. The topological polar surface area (TPSA) is 47.6 Å². The Hall–Kier alpha value is -1.85. The summed E-state index contributed by atoms with van der Waals surface area (Å²) in [6.45, 7) is 0.342. The lowest BCUT2D eigenvalue weighted by molar-refractivity contribution is 0.0237. The zero-order valence-electron chi connectivity index (χ0n) is 9.88. The molecular weight excluding hydrogens is 250 g/mol. The molecule has 0 saturated heterocycles. The molecule has 2 rings (SSSR count). The number of thiophene rings is 1.